The molecule has 4 rings (SSSR count). The molecular formula is C24H27N3O5. The van der Waals surface area contributed by atoms with Gasteiger partial charge in [0.2, 0.25) is 0 Å². The average molecular weight is 437 g/mol. The van der Waals surface area contributed by atoms with Gasteiger partial charge in [-0.1, -0.05) is 33.4 Å². The van der Waals surface area contributed by atoms with E-state index in [9.17, 15) is 14.7 Å². The highest BCUT2D eigenvalue weighted by molar-refractivity contribution is 5.94. The van der Waals surface area contributed by atoms with Crippen LogP contribution in [0.15, 0.2) is 42.5 Å². The summed E-state index contributed by atoms with van der Waals surface area (Å²) in [4.78, 5) is 25.6. The summed E-state index contributed by atoms with van der Waals surface area (Å²) >= 11 is 0. The summed E-state index contributed by atoms with van der Waals surface area (Å²) in [6.45, 7) is 13.2. The van der Waals surface area contributed by atoms with E-state index in [-0.39, 0.29) is 24.4 Å². The quantitative estimate of drug-likeness (QED) is 0.280. The van der Waals surface area contributed by atoms with Gasteiger partial charge in [0, 0.05) is 11.1 Å². The first-order valence-corrected chi connectivity index (χ1v) is 10.4. The van der Waals surface area contributed by atoms with Gasteiger partial charge >= 0.3 is 11.9 Å². The maximum atomic E-state index is 12.4. The Morgan fingerprint density at radius 1 is 1.03 bits per heavy atom. The van der Waals surface area contributed by atoms with E-state index in [0.717, 1.165) is 22.2 Å². The Hall–Kier alpha value is -3.68. The first-order chi connectivity index (χ1) is 15.0. The maximum Gasteiger partial charge on any atom is 0.338 e. The number of carbonyl (C=O) groups excluding carboxylic acids is 2. The topological polar surface area (TPSA) is 86.6 Å². The molecule has 32 heavy (non-hydrogen) atoms. The molecule has 168 valence electrons. The van der Waals surface area contributed by atoms with Crippen LogP contribution < -0.4 is 0 Å². The van der Waals surface area contributed by atoms with Crippen LogP contribution in [0.1, 0.15) is 49.2 Å². The number of hydrogen-bond donors (Lipinski definition) is 1. The first-order valence-electron chi connectivity index (χ1n) is 10.4. The zero-order valence-electron chi connectivity index (χ0n) is 18.9. The molecule has 0 fully saturated rings. The lowest BCUT2D eigenvalue weighted by molar-refractivity contribution is -0.140. The van der Waals surface area contributed by atoms with Crippen molar-refractivity contribution >= 4 is 23.0 Å². The van der Waals surface area contributed by atoms with E-state index >= 15 is 0 Å². The number of ether oxygens (including phenoxy) is 2. The Morgan fingerprint density at radius 3 is 2.34 bits per heavy atom. The fraction of sp³-hybridized carbons (Fsp3) is 0.333. The normalized spacial score (nSPS) is 12.0. The van der Waals surface area contributed by atoms with Crippen LogP contribution in [-0.2, 0) is 19.7 Å². The Balaban J connectivity index is 1.55. The van der Waals surface area contributed by atoms with Crippen molar-refractivity contribution < 1.29 is 24.2 Å². The molecular weight excluding hydrogens is 410 g/mol. The number of hydrogen-bond acceptors (Lipinski definition) is 5. The number of rotatable bonds is 6. The van der Waals surface area contributed by atoms with Crippen molar-refractivity contribution in [3.63, 3.8) is 0 Å². The summed E-state index contributed by atoms with van der Waals surface area (Å²) in [5.74, 6) is -0.773. The van der Waals surface area contributed by atoms with E-state index in [1.54, 1.807) is 19.1 Å². The predicted molar refractivity (Wildman–Crippen MR) is 120 cm³/mol. The monoisotopic (exact) mass is 437 g/mol. The molecule has 0 aliphatic rings. The van der Waals surface area contributed by atoms with Crippen LogP contribution in [0, 0.1) is 6.92 Å². The van der Waals surface area contributed by atoms with Crippen molar-refractivity contribution in [2.75, 3.05) is 13.2 Å². The van der Waals surface area contributed by atoms with Crippen LogP contribution in [0.2, 0.25) is 0 Å². The molecule has 4 aromatic rings. The van der Waals surface area contributed by atoms with Gasteiger partial charge in [-0.2, -0.15) is 0 Å². The Morgan fingerprint density at radius 2 is 1.69 bits per heavy atom. The summed E-state index contributed by atoms with van der Waals surface area (Å²) in [6.07, 6.45) is 0. The van der Waals surface area contributed by atoms with Crippen LogP contribution in [0.4, 0.5) is 0 Å². The molecule has 0 amide bonds. The lowest BCUT2D eigenvalue weighted by Gasteiger charge is -2.21. The van der Waals surface area contributed by atoms with Crippen molar-refractivity contribution in [3.8, 4) is 11.4 Å². The molecule has 8 nitrogen and oxygen atoms in total. The Bertz CT molecular complexity index is 1350. The summed E-state index contributed by atoms with van der Waals surface area (Å²) in [6, 6.07) is 9.20. The highest BCUT2D eigenvalue weighted by Gasteiger charge is 2.29. The maximum absolute atomic E-state index is 12.4. The van der Waals surface area contributed by atoms with E-state index in [4.69, 9.17) is 9.47 Å². The Kier molecular flexibility index (Phi) is 5.03. The lowest BCUT2D eigenvalue weighted by Crippen LogP contribution is -2.14. The Labute approximate surface area is 185 Å². The molecule has 0 radical (unpaired) electrons. The molecule has 0 bridgehead atoms. The molecule has 0 aliphatic carbocycles. The van der Waals surface area contributed by atoms with Gasteiger partial charge in [0.1, 0.15) is 35.7 Å². The van der Waals surface area contributed by atoms with E-state index in [2.05, 4.69) is 27.4 Å². The summed E-state index contributed by atoms with van der Waals surface area (Å²) in [5.41, 5.74) is 4.87. The number of aryl methyl sites for hydroxylation is 1. The minimum Gasteiger partial charge on any atom is -0.505 e. The average Bonchev–Trinajstić information content (AvgIpc) is 3.37. The number of benzene rings is 2. The van der Waals surface area contributed by atoms with Crippen LogP contribution >= 0.6 is 0 Å². The molecule has 0 spiro atoms. The lowest BCUT2D eigenvalue weighted by atomic mass is 9.85. The van der Waals surface area contributed by atoms with Crippen molar-refractivity contribution in [2.24, 2.45) is 0 Å². The van der Waals surface area contributed by atoms with Gasteiger partial charge in [-0.15, -0.1) is 14.1 Å². The van der Waals surface area contributed by atoms with Crippen molar-refractivity contribution in [1.29, 1.82) is 0 Å². The molecule has 2 aromatic carbocycles. The third-order valence-electron chi connectivity index (χ3n) is 5.31. The fourth-order valence-electron chi connectivity index (χ4n) is 3.63. The van der Waals surface area contributed by atoms with Crippen LogP contribution in [-0.4, -0.2) is 44.3 Å². The number of phenolic OH excluding ortho intramolecular Hbond substituents is 1. The first kappa shape index (κ1) is 21.5. The largest absolute Gasteiger partial charge is 0.505 e. The van der Waals surface area contributed by atoms with Gasteiger partial charge in [0.15, 0.2) is 0 Å². The van der Waals surface area contributed by atoms with Crippen LogP contribution in [0.25, 0.3) is 16.7 Å². The van der Waals surface area contributed by atoms with E-state index in [1.165, 1.54) is 0 Å². The highest BCUT2D eigenvalue weighted by atomic mass is 16.6. The van der Waals surface area contributed by atoms with Gasteiger partial charge in [-0.3, -0.25) is 0 Å². The molecule has 0 unspecified atom stereocenters. The smallest absolute Gasteiger partial charge is 0.338 e. The number of fused-ring (bicyclic) bond motifs is 4. The zero-order valence-corrected chi connectivity index (χ0v) is 18.9. The molecule has 2 heterocycles. The molecule has 0 atom stereocenters. The zero-order chi connectivity index (χ0) is 23.4. The molecule has 0 saturated heterocycles. The minimum atomic E-state index is -0.516. The van der Waals surface area contributed by atoms with Crippen LogP contribution in [0.5, 0.6) is 5.75 Å². The number of nitrogens with zero attached hydrogens (tertiary/aromatic N) is 3. The number of phenols is 1. The number of aromatic nitrogens is 3. The third kappa shape index (κ3) is 3.62. The van der Waals surface area contributed by atoms with E-state index in [1.807, 2.05) is 39.2 Å². The van der Waals surface area contributed by atoms with Crippen molar-refractivity contribution in [1.82, 2.24) is 14.1 Å². The highest BCUT2D eigenvalue weighted by Crippen LogP contribution is 2.38. The molecule has 2 aromatic heterocycles. The summed E-state index contributed by atoms with van der Waals surface area (Å²) in [5, 5.41) is 10.9. The number of esters is 2. The molecule has 0 saturated carbocycles. The number of aromatic hydroxyl groups is 1. The second-order valence-corrected chi connectivity index (χ2v) is 9.05. The van der Waals surface area contributed by atoms with Gasteiger partial charge < -0.3 is 14.6 Å². The van der Waals surface area contributed by atoms with E-state index in [0.29, 0.717) is 16.8 Å². The number of carbonyl (C=O) groups is 2. The van der Waals surface area contributed by atoms with Gasteiger partial charge in [0.05, 0.1) is 5.56 Å². The van der Waals surface area contributed by atoms with E-state index < -0.39 is 11.9 Å². The van der Waals surface area contributed by atoms with Gasteiger partial charge in [-0.25, -0.2) is 9.59 Å². The second kappa shape index (κ2) is 7.47. The molecule has 1 N–H and O–H groups in total. The van der Waals surface area contributed by atoms with Crippen molar-refractivity contribution in [3.05, 3.63) is 59.2 Å². The van der Waals surface area contributed by atoms with Gasteiger partial charge in [0.25, 0.3) is 0 Å². The summed E-state index contributed by atoms with van der Waals surface area (Å²) < 4.78 is 13.9. The SMILES string of the molecule is C=C(C)C(=O)OCCOC(=O)c1ccc2c(c1)n1n(-c3cc(C)cc(C(C)(C)C)c3O)n21. The van der Waals surface area contributed by atoms with Gasteiger partial charge in [-0.05, 0) is 49.1 Å². The predicted octanol–water partition coefficient (Wildman–Crippen LogP) is 4.01. The fourth-order valence-corrected chi connectivity index (χ4v) is 3.63. The standard InChI is InChI=1S/C24H27N3O5/c1-14(2)22(29)31-9-10-32-23(30)16-7-8-18-19(13-16)26-25(18)27(26)20-12-15(3)11-17(21(20)28)24(4,5)6/h7-8,11-13,28H,1,9-10H2,2-6H3. The second-order valence-electron chi connectivity index (χ2n) is 9.05. The third-order valence-corrected chi connectivity index (χ3v) is 5.31. The molecule has 0 aliphatic heterocycles. The van der Waals surface area contributed by atoms with Crippen LogP contribution in [0.3, 0.4) is 0 Å². The molecule has 8 heteroatoms. The minimum absolute atomic E-state index is 0.0290. The summed E-state index contributed by atoms with van der Waals surface area (Å²) in [7, 11) is 0. The van der Waals surface area contributed by atoms with Crippen molar-refractivity contribution in [2.45, 2.75) is 40.0 Å².